The Bertz CT molecular complexity index is 1030. The highest BCUT2D eigenvalue weighted by molar-refractivity contribution is 7.71. The summed E-state index contributed by atoms with van der Waals surface area (Å²) in [7, 11) is 0. The number of thiophene rings is 1. The predicted molar refractivity (Wildman–Crippen MR) is 115 cm³/mol. The molecule has 28 heavy (non-hydrogen) atoms. The normalized spacial score (nSPS) is 14.5. The van der Waals surface area contributed by atoms with E-state index >= 15 is 0 Å². The number of H-pyrrole nitrogens is 1. The molecule has 1 amide bonds. The Kier molecular flexibility index (Phi) is 5.32. The Labute approximate surface area is 173 Å². The van der Waals surface area contributed by atoms with Crippen molar-refractivity contribution in [3.8, 4) is 10.7 Å². The Morgan fingerprint density at radius 2 is 1.96 bits per heavy atom. The van der Waals surface area contributed by atoms with Gasteiger partial charge in [0.15, 0.2) is 10.6 Å². The van der Waals surface area contributed by atoms with Gasteiger partial charge >= 0.3 is 0 Å². The van der Waals surface area contributed by atoms with Crippen molar-refractivity contribution in [2.75, 3.05) is 31.1 Å². The van der Waals surface area contributed by atoms with Crippen molar-refractivity contribution in [3.63, 3.8) is 0 Å². The van der Waals surface area contributed by atoms with Gasteiger partial charge in [-0.05, 0) is 54.7 Å². The Morgan fingerprint density at radius 3 is 2.68 bits per heavy atom. The van der Waals surface area contributed by atoms with E-state index in [0.717, 1.165) is 23.8 Å². The maximum Gasteiger partial charge on any atom is 0.242 e. The molecule has 146 valence electrons. The molecule has 1 aliphatic rings. The van der Waals surface area contributed by atoms with Gasteiger partial charge in [-0.1, -0.05) is 18.2 Å². The van der Waals surface area contributed by atoms with Crippen molar-refractivity contribution >= 4 is 35.1 Å². The molecular weight excluding hydrogens is 390 g/mol. The molecule has 0 radical (unpaired) electrons. The highest BCUT2D eigenvalue weighted by Gasteiger charge is 2.23. The molecule has 0 atom stereocenters. The second-order valence-corrected chi connectivity index (χ2v) is 8.34. The molecule has 0 saturated carbocycles. The van der Waals surface area contributed by atoms with Crippen molar-refractivity contribution in [2.24, 2.45) is 0 Å². The van der Waals surface area contributed by atoms with Crippen LogP contribution in [0.4, 0.5) is 5.69 Å². The molecule has 1 aliphatic heterocycles. The van der Waals surface area contributed by atoms with E-state index in [2.05, 4.69) is 47.1 Å². The van der Waals surface area contributed by atoms with Crippen LogP contribution in [0.25, 0.3) is 10.7 Å². The van der Waals surface area contributed by atoms with E-state index in [1.807, 2.05) is 22.4 Å². The SMILES string of the molecule is Cc1cccc(N2CCN(C(=O)Cn3c(-c4cccs4)n[nH]c3=S)CC2)c1C. The summed E-state index contributed by atoms with van der Waals surface area (Å²) in [5.41, 5.74) is 3.88. The second kappa shape index (κ2) is 7.89. The monoisotopic (exact) mass is 413 g/mol. The summed E-state index contributed by atoms with van der Waals surface area (Å²) >= 11 is 6.93. The minimum absolute atomic E-state index is 0.0796. The Hall–Kier alpha value is -2.45. The minimum Gasteiger partial charge on any atom is -0.368 e. The van der Waals surface area contributed by atoms with Gasteiger partial charge in [-0.25, -0.2) is 0 Å². The molecule has 0 unspecified atom stereocenters. The summed E-state index contributed by atoms with van der Waals surface area (Å²) < 4.78 is 2.27. The van der Waals surface area contributed by atoms with E-state index in [1.54, 1.807) is 15.9 Å². The number of piperazine rings is 1. The number of benzene rings is 1. The molecule has 1 aromatic carbocycles. The largest absolute Gasteiger partial charge is 0.368 e. The number of nitrogens with zero attached hydrogens (tertiary/aromatic N) is 4. The Morgan fingerprint density at radius 1 is 1.18 bits per heavy atom. The van der Waals surface area contributed by atoms with Crippen molar-refractivity contribution in [2.45, 2.75) is 20.4 Å². The highest BCUT2D eigenvalue weighted by atomic mass is 32.1. The van der Waals surface area contributed by atoms with Gasteiger partial charge in [0.05, 0.1) is 4.88 Å². The number of nitrogens with one attached hydrogen (secondary N) is 1. The molecule has 6 nitrogen and oxygen atoms in total. The van der Waals surface area contributed by atoms with E-state index < -0.39 is 0 Å². The zero-order valence-corrected chi connectivity index (χ0v) is 17.6. The van der Waals surface area contributed by atoms with Crippen LogP contribution in [0.2, 0.25) is 0 Å². The third-order valence-corrected chi connectivity index (χ3v) is 6.52. The second-order valence-electron chi connectivity index (χ2n) is 7.00. The molecule has 2 aromatic heterocycles. The molecule has 0 spiro atoms. The van der Waals surface area contributed by atoms with Gasteiger partial charge in [0.2, 0.25) is 5.91 Å². The van der Waals surface area contributed by atoms with E-state index in [-0.39, 0.29) is 12.5 Å². The third kappa shape index (κ3) is 3.62. The number of aromatic nitrogens is 3. The molecule has 8 heteroatoms. The molecule has 1 N–H and O–H groups in total. The molecule has 4 rings (SSSR count). The lowest BCUT2D eigenvalue weighted by Gasteiger charge is -2.37. The maximum atomic E-state index is 12.9. The molecule has 1 saturated heterocycles. The lowest BCUT2D eigenvalue weighted by molar-refractivity contribution is -0.132. The number of carbonyl (C=O) groups excluding carboxylic acids is 1. The standard InChI is InChI=1S/C20H23N5OS2/c1-14-5-3-6-16(15(14)2)23-8-10-24(11-9-23)18(26)13-25-19(21-22-20(25)27)17-7-4-12-28-17/h3-7,12H,8-11,13H2,1-2H3,(H,22,27). The highest BCUT2D eigenvalue weighted by Crippen LogP contribution is 2.25. The first-order valence-corrected chi connectivity index (χ1v) is 10.6. The minimum atomic E-state index is 0.0796. The van der Waals surface area contributed by atoms with Gasteiger partial charge in [0, 0.05) is 31.9 Å². The lowest BCUT2D eigenvalue weighted by Crippen LogP contribution is -2.49. The Balaban J connectivity index is 1.44. The third-order valence-electron chi connectivity index (χ3n) is 5.34. The maximum absolute atomic E-state index is 12.9. The van der Waals surface area contributed by atoms with Crippen molar-refractivity contribution < 1.29 is 4.79 Å². The number of hydrogen-bond acceptors (Lipinski definition) is 5. The summed E-state index contributed by atoms with van der Waals surface area (Å²) in [5, 5.41) is 9.11. The number of rotatable bonds is 4. The summed E-state index contributed by atoms with van der Waals surface area (Å²) in [6.07, 6.45) is 0. The number of aryl methyl sites for hydroxylation is 1. The van der Waals surface area contributed by atoms with E-state index in [1.165, 1.54) is 16.8 Å². The van der Waals surface area contributed by atoms with Crippen LogP contribution in [-0.2, 0) is 11.3 Å². The molecule has 0 bridgehead atoms. The van der Waals surface area contributed by atoms with Crippen LogP contribution in [0.1, 0.15) is 11.1 Å². The average Bonchev–Trinajstić information content (AvgIpc) is 3.35. The first-order chi connectivity index (χ1) is 13.5. The number of anilines is 1. The fourth-order valence-corrected chi connectivity index (χ4v) is 4.49. The number of amides is 1. The fourth-order valence-electron chi connectivity index (χ4n) is 3.57. The molecular formula is C20H23N5OS2. The molecule has 1 fully saturated rings. The van der Waals surface area contributed by atoms with Crippen molar-refractivity contribution in [1.29, 1.82) is 0 Å². The quantitative estimate of drug-likeness (QED) is 0.664. The smallest absolute Gasteiger partial charge is 0.242 e. The number of carbonyl (C=O) groups is 1. The zero-order chi connectivity index (χ0) is 19.7. The van der Waals surface area contributed by atoms with Gasteiger partial charge in [0.25, 0.3) is 0 Å². The van der Waals surface area contributed by atoms with Gasteiger partial charge in [-0.2, -0.15) is 5.10 Å². The lowest BCUT2D eigenvalue weighted by atomic mass is 10.1. The van der Waals surface area contributed by atoms with Crippen LogP contribution in [0.3, 0.4) is 0 Å². The van der Waals surface area contributed by atoms with Crippen LogP contribution < -0.4 is 4.90 Å². The number of hydrogen-bond donors (Lipinski definition) is 1. The molecule has 0 aliphatic carbocycles. The summed E-state index contributed by atoms with van der Waals surface area (Å²) in [4.78, 5) is 18.2. The van der Waals surface area contributed by atoms with E-state index in [4.69, 9.17) is 12.2 Å². The van der Waals surface area contributed by atoms with Crippen molar-refractivity contribution in [3.05, 3.63) is 51.6 Å². The first-order valence-electron chi connectivity index (χ1n) is 9.32. The summed E-state index contributed by atoms with van der Waals surface area (Å²) in [5.74, 6) is 0.804. The van der Waals surface area contributed by atoms with Crippen molar-refractivity contribution in [1.82, 2.24) is 19.7 Å². The van der Waals surface area contributed by atoms with Crippen LogP contribution in [-0.4, -0.2) is 51.8 Å². The van der Waals surface area contributed by atoms with Gasteiger partial charge in [0.1, 0.15) is 6.54 Å². The summed E-state index contributed by atoms with van der Waals surface area (Å²) in [6.45, 7) is 7.62. The van der Waals surface area contributed by atoms with Gasteiger partial charge < -0.3 is 9.80 Å². The summed E-state index contributed by atoms with van der Waals surface area (Å²) in [6, 6.07) is 10.4. The van der Waals surface area contributed by atoms with Gasteiger partial charge in [-0.15, -0.1) is 11.3 Å². The topological polar surface area (TPSA) is 57.2 Å². The van der Waals surface area contributed by atoms with Gasteiger partial charge in [-0.3, -0.25) is 14.5 Å². The average molecular weight is 414 g/mol. The van der Waals surface area contributed by atoms with Crippen LogP contribution in [0.15, 0.2) is 35.7 Å². The van der Waals surface area contributed by atoms with Crippen LogP contribution in [0, 0.1) is 18.6 Å². The van der Waals surface area contributed by atoms with E-state index in [9.17, 15) is 4.79 Å². The first kappa shape index (κ1) is 18.9. The van der Waals surface area contributed by atoms with Crippen LogP contribution >= 0.6 is 23.6 Å². The number of aromatic amines is 1. The predicted octanol–water partition coefficient (Wildman–Crippen LogP) is 3.63. The van der Waals surface area contributed by atoms with Crippen LogP contribution in [0.5, 0.6) is 0 Å². The fraction of sp³-hybridized carbons (Fsp3) is 0.350. The molecule has 3 aromatic rings. The zero-order valence-electron chi connectivity index (χ0n) is 16.0. The molecule has 3 heterocycles. The van der Waals surface area contributed by atoms with E-state index in [0.29, 0.717) is 17.9 Å².